The Morgan fingerprint density at radius 1 is 1.00 bits per heavy atom. The second-order valence-corrected chi connectivity index (χ2v) is 4.31. The topological polar surface area (TPSA) is 18.5 Å². The van der Waals surface area contributed by atoms with E-state index in [0.717, 1.165) is 17.5 Å². The van der Waals surface area contributed by atoms with Crippen LogP contribution in [-0.4, -0.2) is 14.2 Å². The van der Waals surface area contributed by atoms with Crippen molar-refractivity contribution in [3.8, 4) is 0 Å². The van der Waals surface area contributed by atoms with Crippen LogP contribution in [0.1, 0.15) is 23.0 Å². The third kappa shape index (κ3) is 3.40. The Balaban J connectivity index is 2.34. The van der Waals surface area contributed by atoms with Crippen LogP contribution in [0.4, 0.5) is 4.39 Å². The molecule has 0 amide bonds. The number of hydrogen-bond donors (Lipinski definition) is 0. The highest BCUT2D eigenvalue weighted by Gasteiger charge is 2.15. The molecule has 3 heteroatoms. The molecule has 0 spiro atoms. The van der Waals surface area contributed by atoms with Gasteiger partial charge in [-0.05, 0) is 29.7 Å². The lowest BCUT2D eigenvalue weighted by Gasteiger charge is -2.18. The molecule has 0 saturated carbocycles. The fraction of sp³-hybridized carbons (Fsp3) is 0.250. The molecule has 0 N–H and O–H groups in total. The van der Waals surface area contributed by atoms with Crippen molar-refractivity contribution in [3.63, 3.8) is 0 Å². The van der Waals surface area contributed by atoms with Crippen LogP contribution in [0.3, 0.4) is 0 Å². The zero-order valence-corrected chi connectivity index (χ0v) is 11.1. The predicted octanol–water partition coefficient (Wildman–Crippen LogP) is 3.71. The van der Waals surface area contributed by atoms with Crippen LogP contribution in [0.5, 0.6) is 0 Å². The fourth-order valence-electron chi connectivity index (χ4n) is 2.11. The van der Waals surface area contributed by atoms with Crippen molar-refractivity contribution in [1.82, 2.24) is 0 Å². The van der Waals surface area contributed by atoms with E-state index < -0.39 is 6.29 Å². The van der Waals surface area contributed by atoms with Gasteiger partial charge < -0.3 is 9.47 Å². The molecule has 19 heavy (non-hydrogen) atoms. The lowest BCUT2D eigenvalue weighted by molar-refractivity contribution is -0.106. The first-order chi connectivity index (χ1) is 9.24. The van der Waals surface area contributed by atoms with Crippen molar-refractivity contribution in [2.45, 2.75) is 12.7 Å². The molecule has 0 bridgehead atoms. The van der Waals surface area contributed by atoms with Gasteiger partial charge in [0.05, 0.1) is 0 Å². The molecule has 2 aromatic rings. The highest BCUT2D eigenvalue weighted by molar-refractivity contribution is 5.34. The number of halogens is 1. The number of benzene rings is 2. The normalized spacial score (nSPS) is 10.9. The molecule has 0 saturated heterocycles. The molecule has 2 aromatic carbocycles. The molecular formula is C16H17FO2. The molecule has 2 nitrogen and oxygen atoms in total. The van der Waals surface area contributed by atoms with E-state index in [2.05, 4.69) is 0 Å². The van der Waals surface area contributed by atoms with Crippen LogP contribution in [-0.2, 0) is 15.9 Å². The van der Waals surface area contributed by atoms with Crippen LogP contribution in [0, 0.1) is 5.82 Å². The Hall–Kier alpha value is -1.71. The van der Waals surface area contributed by atoms with E-state index in [-0.39, 0.29) is 5.82 Å². The van der Waals surface area contributed by atoms with E-state index in [1.54, 1.807) is 20.3 Å². The number of ether oxygens (including phenoxy) is 2. The average Bonchev–Trinajstić information content (AvgIpc) is 2.44. The van der Waals surface area contributed by atoms with E-state index in [9.17, 15) is 4.39 Å². The summed E-state index contributed by atoms with van der Waals surface area (Å²) in [6, 6.07) is 14.7. The Morgan fingerprint density at radius 3 is 2.32 bits per heavy atom. The van der Waals surface area contributed by atoms with Gasteiger partial charge in [-0.1, -0.05) is 36.4 Å². The van der Waals surface area contributed by atoms with Crippen LogP contribution in [0.15, 0.2) is 48.5 Å². The Bertz CT molecular complexity index is 522. The molecule has 0 aliphatic heterocycles. The Labute approximate surface area is 112 Å². The summed E-state index contributed by atoms with van der Waals surface area (Å²) < 4.78 is 23.9. The Kier molecular flexibility index (Phi) is 4.66. The molecule has 0 aromatic heterocycles. The van der Waals surface area contributed by atoms with Crippen LogP contribution >= 0.6 is 0 Å². The monoisotopic (exact) mass is 260 g/mol. The molecule has 0 fully saturated rings. The molecule has 2 rings (SSSR count). The van der Waals surface area contributed by atoms with Gasteiger partial charge >= 0.3 is 0 Å². The first-order valence-corrected chi connectivity index (χ1v) is 6.12. The maximum absolute atomic E-state index is 13.4. The van der Waals surface area contributed by atoms with Gasteiger partial charge in [-0.15, -0.1) is 0 Å². The van der Waals surface area contributed by atoms with E-state index in [1.807, 2.05) is 30.3 Å². The smallest absolute Gasteiger partial charge is 0.183 e. The van der Waals surface area contributed by atoms with Gasteiger partial charge in [0.25, 0.3) is 0 Å². The van der Waals surface area contributed by atoms with Crippen molar-refractivity contribution in [2.75, 3.05) is 14.2 Å². The highest BCUT2D eigenvalue weighted by atomic mass is 19.1. The zero-order valence-electron chi connectivity index (χ0n) is 11.1. The summed E-state index contributed by atoms with van der Waals surface area (Å²) in [5.74, 6) is -0.286. The summed E-state index contributed by atoms with van der Waals surface area (Å²) in [5.41, 5.74) is 2.90. The van der Waals surface area contributed by atoms with Crippen LogP contribution < -0.4 is 0 Å². The average molecular weight is 260 g/mol. The minimum absolute atomic E-state index is 0.286. The second kappa shape index (κ2) is 6.45. The van der Waals surface area contributed by atoms with E-state index in [1.165, 1.54) is 17.7 Å². The lowest BCUT2D eigenvalue weighted by Crippen LogP contribution is -2.08. The van der Waals surface area contributed by atoms with Gasteiger partial charge in [-0.2, -0.15) is 0 Å². The summed E-state index contributed by atoms with van der Waals surface area (Å²) in [5, 5.41) is 0. The van der Waals surface area contributed by atoms with Gasteiger partial charge in [0.2, 0.25) is 0 Å². The highest BCUT2D eigenvalue weighted by Crippen LogP contribution is 2.24. The molecule has 0 atom stereocenters. The van der Waals surface area contributed by atoms with Gasteiger partial charge in [0.15, 0.2) is 6.29 Å². The standard InChI is InChI=1S/C16H17FO2/c1-18-16(19-2)15-11-14(17)9-8-13(15)10-12-6-4-3-5-7-12/h3-9,11,16H,10H2,1-2H3. The molecule has 100 valence electrons. The molecule has 0 radical (unpaired) electrons. The molecule has 0 aliphatic rings. The second-order valence-electron chi connectivity index (χ2n) is 4.31. The van der Waals surface area contributed by atoms with Crippen molar-refractivity contribution >= 4 is 0 Å². The Morgan fingerprint density at radius 2 is 1.68 bits per heavy atom. The van der Waals surface area contributed by atoms with Crippen LogP contribution in [0.25, 0.3) is 0 Å². The van der Waals surface area contributed by atoms with E-state index in [0.29, 0.717) is 0 Å². The summed E-state index contributed by atoms with van der Waals surface area (Å²) >= 11 is 0. The number of rotatable bonds is 5. The largest absolute Gasteiger partial charge is 0.352 e. The van der Waals surface area contributed by atoms with Crippen molar-refractivity contribution in [3.05, 3.63) is 71.0 Å². The molecule has 0 unspecified atom stereocenters. The third-order valence-electron chi connectivity index (χ3n) is 3.03. The van der Waals surface area contributed by atoms with Crippen molar-refractivity contribution in [2.24, 2.45) is 0 Å². The van der Waals surface area contributed by atoms with Crippen molar-refractivity contribution < 1.29 is 13.9 Å². The minimum Gasteiger partial charge on any atom is -0.352 e. The van der Waals surface area contributed by atoms with Crippen LogP contribution in [0.2, 0.25) is 0 Å². The molecule has 0 heterocycles. The van der Waals surface area contributed by atoms with Gasteiger partial charge in [0, 0.05) is 19.8 Å². The zero-order chi connectivity index (χ0) is 13.7. The SMILES string of the molecule is COC(OC)c1cc(F)ccc1Cc1ccccc1. The quantitative estimate of drug-likeness (QED) is 0.763. The molecule has 0 aliphatic carbocycles. The number of hydrogen-bond acceptors (Lipinski definition) is 2. The van der Waals surface area contributed by atoms with Crippen molar-refractivity contribution in [1.29, 1.82) is 0 Å². The number of methoxy groups -OCH3 is 2. The molecular weight excluding hydrogens is 243 g/mol. The lowest BCUT2D eigenvalue weighted by atomic mass is 9.99. The predicted molar refractivity (Wildman–Crippen MR) is 72.4 cm³/mol. The first kappa shape index (κ1) is 13.7. The maximum Gasteiger partial charge on any atom is 0.183 e. The maximum atomic E-state index is 13.4. The van der Waals surface area contributed by atoms with E-state index >= 15 is 0 Å². The summed E-state index contributed by atoms with van der Waals surface area (Å²) in [6.07, 6.45) is 0.175. The van der Waals surface area contributed by atoms with Gasteiger partial charge in [0.1, 0.15) is 5.82 Å². The summed E-state index contributed by atoms with van der Waals surface area (Å²) in [4.78, 5) is 0. The van der Waals surface area contributed by atoms with Gasteiger partial charge in [-0.25, -0.2) is 4.39 Å². The van der Waals surface area contributed by atoms with Gasteiger partial charge in [-0.3, -0.25) is 0 Å². The fourth-order valence-corrected chi connectivity index (χ4v) is 2.11. The first-order valence-electron chi connectivity index (χ1n) is 6.12. The summed E-state index contributed by atoms with van der Waals surface area (Å²) in [6.45, 7) is 0. The summed E-state index contributed by atoms with van der Waals surface area (Å²) in [7, 11) is 3.09. The van der Waals surface area contributed by atoms with E-state index in [4.69, 9.17) is 9.47 Å². The minimum atomic E-state index is -0.547. The third-order valence-corrected chi connectivity index (χ3v) is 3.03.